The molecule has 14 heteroatoms. The average molecular weight is 540 g/mol. The first-order valence-electron chi connectivity index (χ1n) is 11.1. The number of nitrogens with one attached hydrogen (secondary N) is 1. The van der Waals surface area contributed by atoms with Crippen molar-refractivity contribution < 1.29 is 47.6 Å². The Hall–Kier alpha value is -3.33. The zero-order valence-corrected chi connectivity index (χ0v) is 20.9. The number of hydrogen-bond donors (Lipinski definition) is 6. The third kappa shape index (κ3) is 3.91. The number of primary amides is 1. The molecule has 0 unspecified atom stereocenters. The van der Waals surface area contributed by atoms with Crippen molar-refractivity contribution >= 4 is 27.5 Å². The van der Waals surface area contributed by atoms with Gasteiger partial charge in [0.2, 0.25) is 15.8 Å². The van der Waals surface area contributed by atoms with Crippen molar-refractivity contribution in [3.05, 3.63) is 51.2 Å². The molecule has 1 amide bonds. The van der Waals surface area contributed by atoms with Gasteiger partial charge in [-0.15, -0.1) is 0 Å². The molecule has 200 valence electrons. The minimum atomic E-state index is -3.70. The Kier molecular flexibility index (Phi) is 6.22. The van der Waals surface area contributed by atoms with Gasteiger partial charge in [0.05, 0.1) is 17.9 Å². The number of carbonyl (C=O) groups excluding carboxylic acids is 3. The number of amides is 1. The van der Waals surface area contributed by atoms with Crippen LogP contribution < -0.4 is 10.5 Å². The van der Waals surface area contributed by atoms with Crippen LogP contribution in [0.3, 0.4) is 0 Å². The van der Waals surface area contributed by atoms with Crippen LogP contribution in [-0.4, -0.2) is 83.2 Å². The van der Waals surface area contributed by atoms with Crippen molar-refractivity contribution in [2.45, 2.75) is 31.0 Å². The predicted octanol–water partition coefficient (Wildman–Crippen LogP) is -0.691. The molecule has 0 heterocycles. The Balaban J connectivity index is 1.90. The van der Waals surface area contributed by atoms with Crippen molar-refractivity contribution in [2.75, 3.05) is 20.4 Å². The number of Topliss-reactive ketones (excluding diaryl/α,β-unsaturated/α-hetero) is 2. The van der Waals surface area contributed by atoms with Crippen molar-refractivity contribution in [1.82, 2.24) is 9.62 Å². The SMILES string of the molecule is CN(C)[C@@H]1C(O)=C(C(N)=O)C(=O)[C@@]2(O)C(O)=C3C(=O)c4c(O)cc(CNS(C)(=O)=O)c(F)c4C[C@H]3C[C@@H]12. The summed E-state index contributed by atoms with van der Waals surface area (Å²) in [6.45, 7) is -0.494. The molecule has 1 aromatic rings. The van der Waals surface area contributed by atoms with Gasteiger partial charge in [-0.2, -0.15) is 0 Å². The number of ketones is 2. The van der Waals surface area contributed by atoms with Gasteiger partial charge in [0.1, 0.15) is 28.7 Å². The minimum Gasteiger partial charge on any atom is -0.510 e. The maximum Gasteiger partial charge on any atom is 0.255 e. The Morgan fingerprint density at radius 3 is 2.43 bits per heavy atom. The number of nitrogens with zero attached hydrogens (tertiary/aromatic N) is 1. The largest absolute Gasteiger partial charge is 0.510 e. The number of rotatable bonds is 5. The maximum atomic E-state index is 15.4. The number of fused-ring (bicyclic) bond motifs is 3. The van der Waals surface area contributed by atoms with Crippen LogP contribution in [0.4, 0.5) is 4.39 Å². The molecular formula is C23H26FN3O9S. The fraction of sp³-hybridized carbons (Fsp3) is 0.435. The van der Waals surface area contributed by atoms with Crippen LogP contribution in [-0.2, 0) is 32.6 Å². The summed E-state index contributed by atoms with van der Waals surface area (Å²) < 4.78 is 40.4. The summed E-state index contributed by atoms with van der Waals surface area (Å²) in [5, 5.41) is 43.9. The van der Waals surface area contributed by atoms with Gasteiger partial charge in [-0.1, -0.05) is 0 Å². The number of aliphatic hydroxyl groups excluding tert-OH is 2. The lowest BCUT2D eigenvalue weighted by molar-refractivity contribution is -0.148. The zero-order chi connectivity index (χ0) is 27.8. The number of hydrogen-bond acceptors (Lipinski definition) is 10. The van der Waals surface area contributed by atoms with E-state index in [2.05, 4.69) is 4.72 Å². The number of carbonyl (C=O) groups is 3. The smallest absolute Gasteiger partial charge is 0.255 e. The lowest BCUT2D eigenvalue weighted by Crippen LogP contribution is -2.63. The number of allylic oxidation sites excluding steroid dienone is 1. The number of sulfonamides is 1. The second-order valence-corrected chi connectivity index (χ2v) is 11.6. The molecule has 0 bridgehead atoms. The van der Waals surface area contributed by atoms with Crippen molar-refractivity contribution in [3.63, 3.8) is 0 Å². The van der Waals surface area contributed by atoms with Crippen LogP contribution >= 0.6 is 0 Å². The first-order chi connectivity index (χ1) is 17.0. The van der Waals surface area contributed by atoms with Crippen molar-refractivity contribution in [2.24, 2.45) is 17.6 Å². The average Bonchev–Trinajstić information content (AvgIpc) is 2.76. The highest BCUT2D eigenvalue weighted by Crippen LogP contribution is 2.52. The van der Waals surface area contributed by atoms with Gasteiger partial charge < -0.3 is 26.2 Å². The summed E-state index contributed by atoms with van der Waals surface area (Å²) >= 11 is 0. The molecule has 0 aliphatic heterocycles. The monoisotopic (exact) mass is 539 g/mol. The summed E-state index contributed by atoms with van der Waals surface area (Å²) in [6, 6.07) is -0.295. The molecule has 4 atom stereocenters. The normalized spacial score (nSPS) is 27.8. The van der Waals surface area contributed by atoms with Crippen LogP contribution in [0.5, 0.6) is 5.75 Å². The Morgan fingerprint density at radius 1 is 1.27 bits per heavy atom. The summed E-state index contributed by atoms with van der Waals surface area (Å²) in [5.41, 5.74) is 0.197. The van der Waals surface area contributed by atoms with E-state index < -0.39 is 97.3 Å². The van der Waals surface area contributed by atoms with E-state index in [1.54, 1.807) is 0 Å². The summed E-state index contributed by atoms with van der Waals surface area (Å²) in [6.07, 6.45) is 0.425. The van der Waals surface area contributed by atoms with E-state index in [0.29, 0.717) is 0 Å². The van der Waals surface area contributed by atoms with E-state index >= 15 is 4.39 Å². The second kappa shape index (κ2) is 8.62. The molecule has 37 heavy (non-hydrogen) atoms. The molecule has 1 aromatic carbocycles. The molecule has 4 rings (SSSR count). The molecule has 7 N–H and O–H groups in total. The summed E-state index contributed by atoms with van der Waals surface area (Å²) in [7, 11) is -0.713. The molecule has 0 spiro atoms. The van der Waals surface area contributed by atoms with E-state index in [1.807, 2.05) is 0 Å². The minimum absolute atomic E-state index is 0.197. The van der Waals surface area contributed by atoms with Gasteiger partial charge in [-0.3, -0.25) is 19.3 Å². The first kappa shape index (κ1) is 26.7. The molecule has 3 aliphatic carbocycles. The van der Waals surface area contributed by atoms with E-state index in [-0.39, 0.29) is 24.0 Å². The number of phenols is 1. The van der Waals surface area contributed by atoms with Crippen molar-refractivity contribution in [3.8, 4) is 5.75 Å². The predicted molar refractivity (Wildman–Crippen MR) is 125 cm³/mol. The zero-order valence-electron chi connectivity index (χ0n) is 20.1. The fourth-order valence-corrected chi connectivity index (χ4v) is 6.11. The van der Waals surface area contributed by atoms with Gasteiger partial charge >= 0.3 is 0 Å². The van der Waals surface area contributed by atoms with Gasteiger partial charge in [0.25, 0.3) is 5.91 Å². The Labute approximate surface area is 210 Å². The first-order valence-corrected chi connectivity index (χ1v) is 13.0. The molecule has 3 aliphatic rings. The number of phenolic OH excluding ortho intramolecular Hbond substituents is 1. The van der Waals surface area contributed by atoms with Crippen LogP contribution in [0.2, 0.25) is 0 Å². The number of aromatic hydroxyl groups is 1. The number of aliphatic hydroxyl groups is 3. The summed E-state index contributed by atoms with van der Waals surface area (Å²) in [5.74, 6) is -9.33. The molecule has 0 saturated carbocycles. The molecule has 0 radical (unpaired) electrons. The van der Waals surface area contributed by atoms with Gasteiger partial charge in [0, 0.05) is 29.2 Å². The van der Waals surface area contributed by atoms with Crippen LogP contribution in [0.15, 0.2) is 28.7 Å². The highest BCUT2D eigenvalue weighted by Gasteiger charge is 2.63. The standard InChI is InChI=1S/C23H26FN3O9S/c1-27(2)17-11-5-8-4-10-14(12(28)6-9(16(10)24)7-26-37(3,35)36)18(29)13(8)20(31)23(11,34)21(32)15(19(17)30)22(25)33/h6,8,11,17,26,28,30-31,34H,4-5,7H2,1-3H3,(H2,25,33)/t8-,11-,17-,23-/m0/s1. The third-order valence-corrected chi connectivity index (χ3v) is 7.92. The van der Waals surface area contributed by atoms with Gasteiger partial charge in [0.15, 0.2) is 11.4 Å². The maximum absolute atomic E-state index is 15.4. The second-order valence-electron chi connectivity index (χ2n) is 9.78. The van der Waals surface area contributed by atoms with E-state index in [0.717, 1.165) is 12.3 Å². The van der Waals surface area contributed by atoms with Gasteiger partial charge in [-0.25, -0.2) is 17.5 Å². The van der Waals surface area contributed by atoms with E-state index in [4.69, 9.17) is 5.73 Å². The number of halogens is 1. The lowest BCUT2D eigenvalue weighted by Gasteiger charge is -2.50. The van der Waals surface area contributed by atoms with Crippen LogP contribution in [0.1, 0.15) is 27.9 Å². The number of benzene rings is 1. The van der Waals surface area contributed by atoms with Crippen LogP contribution in [0, 0.1) is 17.7 Å². The Morgan fingerprint density at radius 2 is 1.89 bits per heavy atom. The van der Waals surface area contributed by atoms with E-state index in [9.17, 15) is 43.2 Å². The number of nitrogens with two attached hydrogens (primary N) is 1. The van der Waals surface area contributed by atoms with Crippen molar-refractivity contribution in [1.29, 1.82) is 0 Å². The highest BCUT2D eigenvalue weighted by atomic mass is 32.2. The molecule has 0 fully saturated rings. The number of likely N-dealkylation sites (N-methyl/N-ethyl adjacent to an activating group) is 1. The lowest BCUT2D eigenvalue weighted by atomic mass is 9.58. The highest BCUT2D eigenvalue weighted by molar-refractivity contribution is 7.88. The topological polar surface area (TPSA) is 208 Å². The van der Waals surface area contributed by atoms with Gasteiger partial charge in [-0.05, 0) is 38.9 Å². The molecule has 12 nitrogen and oxygen atoms in total. The van der Waals surface area contributed by atoms with E-state index in [1.165, 1.54) is 19.0 Å². The fourth-order valence-electron chi connectivity index (χ4n) is 5.69. The molecular weight excluding hydrogens is 513 g/mol. The third-order valence-electron chi connectivity index (χ3n) is 7.26. The quantitative estimate of drug-likeness (QED) is 0.260. The Bertz CT molecular complexity index is 1430. The molecule has 0 aromatic heterocycles. The summed E-state index contributed by atoms with van der Waals surface area (Å²) in [4.78, 5) is 40.0. The van der Waals surface area contributed by atoms with Crippen LogP contribution in [0.25, 0.3) is 0 Å². The molecule has 0 saturated heterocycles.